The smallest absolute Gasteiger partial charge is 0.335 e. The topological polar surface area (TPSA) is 139 Å². The number of hydrogen-bond donors (Lipinski definition) is 3. The van der Waals surface area contributed by atoms with Crippen LogP contribution in [0.1, 0.15) is 27.0 Å². The molecule has 0 atom stereocenters. The van der Waals surface area contributed by atoms with Crippen LogP contribution in [-0.2, 0) is 5.75 Å². The van der Waals surface area contributed by atoms with Crippen LogP contribution in [-0.4, -0.2) is 34.4 Å². The highest BCUT2D eigenvalue weighted by molar-refractivity contribution is 7.98. The van der Waals surface area contributed by atoms with Crippen LogP contribution < -0.4 is 10.1 Å². The van der Waals surface area contributed by atoms with Crippen LogP contribution in [0.2, 0.25) is 0 Å². The number of ether oxygens (including phenoxy) is 1. The third-order valence-corrected chi connectivity index (χ3v) is 6.52. The molecule has 4 rings (SSSR count). The molecule has 0 spiro atoms. The number of aromatic carboxylic acids is 1. The zero-order valence-electron chi connectivity index (χ0n) is 20.1. The zero-order valence-corrected chi connectivity index (χ0v) is 20.9. The Labute approximate surface area is 223 Å². The number of para-hydroxylation sites is 1. The largest absolute Gasteiger partial charge is 0.491 e. The number of carboxylic acid groups (broad SMARTS) is 1. The second-order valence-electron chi connectivity index (χ2n) is 8.00. The first-order valence-electron chi connectivity index (χ1n) is 11.5. The minimum Gasteiger partial charge on any atom is -0.491 e. The summed E-state index contributed by atoms with van der Waals surface area (Å²) in [5.41, 5.74) is 3.17. The van der Waals surface area contributed by atoms with E-state index >= 15 is 0 Å². The molecule has 0 amide bonds. The van der Waals surface area contributed by atoms with Crippen molar-refractivity contribution in [3.05, 3.63) is 101 Å². The molecule has 0 unspecified atom stereocenters. The van der Waals surface area contributed by atoms with E-state index in [0.29, 0.717) is 33.5 Å². The van der Waals surface area contributed by atoms with Gasteiger partial charge in [-0.2, -0.15) is 10.5 Å². The summed E-state index contributed by atoms with van der Waals surface area (Å²) in [4.78, 5) is 16.0. The molecule has 0 fully saturated rings. The summed E-state index contributed by atoms with van der Waals surface area (Å²) in [5, 5.41) is 42.3. The lowest BCUT2D eigenvalue weighted by molar-refractivity contribution is 0.0696. The van der Waals surface area contributed by atoms with Crippen molar-refractivity contribution in [1.82, 2.24) is 4.98 Å². The van der Waals surface area contributed by atoms with Crippen molar-refractivity contribution in [3.8, 4) is 29.0 Å². The highest BCUT2D eigenvalue weighted by atomic mass is 32.2. The third kappa shape index (κ3) is 6.11. The predicted octanol–water partition coefficient (Wildman–Crippen LogP) is 5.60. The van der Waals surface area contributed by atoms with E-state index in [9.17, 15) is 20.4 Å². The lowest BCUT2D eigenvalue weighted by Crippen LogP contribution is -2.05. The Hall–Kier alpha value is -4.83. The van der Waals surface area contributed by atoms with Crippen molar-refractivity contribution in [1.29, 1.82) is 10.5 Å². The molecule has 0 saturated heterocycles. The third-order valence-electron chi connectivity index (χ3n) is 5.48. The van der Waals surface area contributed by atoms with Crippen LogP contribution in [0.25, 0.3) is 11.1 Å². The molecule has 38 heavy (non-hydrogen) atoms. The summed E-state index contributed by atoms with van der Waals surface area (Å²) in [7, 11) is 0. The summed E-state index contributed by atoms with van der Waals surface area (Å²) >= 11 is 1.28. The van der Waals surface area contributed by atoms with E-state index in [2.05, 4.69) is 22.4 Å². The molecule has 0 aliphatic heterocycles. The molecule has 1 aromatic heterocycles. The predicted molar refractivity (Wildman–Crippen MR) is 144 cm³/mol. The number of rotatable bonds is 10. The number of anilines is 2. The van der Waals surface area contributed by atoms with Gasteiger partial charge in [-0.3, -0.25) is 0 Å². The van der Waals surface area contributed by atoms with Gasteiger partial charge in [0.25, 0.3) is 0 Å². The molecule has 3 N–H and O–H groups in total. The Kier molecular flexibility index (Phi) is 8.57. The highest BCUT2D eigenvalue weighted by Crippen LogP contribution is 2.38. The van der Waals surface area contributed by atoms with E-state index in [1.54, 1.807) is 36.4 Å². The van der Waals surface area contributed by atoms with E-state index in [0.717, 1.165) is 11.3 Å². The molecule has 0 aliphatic carbocycles. The van der Waals surface area contributed by atoms with Gasteiger partial charge in [0, 0.05) is 17.0 Å². The number of benzene rings is 3. The van der Waals surface area contributed by atoms with Gasteiger partial charge in [-0.25, -0.2) is 9.78 Å². The van der Waals surface area contributed by atoms with E-state index in [1.807, 2.05) is 36.4 Å². The number of nitriles is 2. The number of thioether (sulfide) groups is 1. The number of hydrogen-bond acceptors (Lipinski definition) is 8. The van der Waals surface area contributed by atoms with Crippen LogP contribution in [0.5, 0.6) is 5.75 Å². The number of nitrogens with one attached hydrogen (secondary N) is 1. The SMILES string of the molecule is N#Cc1c(Nc2ccccc2)nc(SCc2cccc(C(=O)O)c2)c(C#N)c1-c1ccc(OCCO)cc1. The average Bonchev–Trinajstić information content (AvgIpc) is 2.95. The van der Waals surface area contributed by atoms with E-state index in [1.165, 1.54) is 17.8 Å². The molecule has 0 radical (unpaired) electrons. The maximum Gasteiger partial charge on any atom is 0.335 e. The summed E-state index contributed by atoms with van der Waals surface area (Å²) in [6, 6.07) is 27.2. The number of aliphatic hydroxyl groups excluding tert-OH is 1. The van der Waals surface area contributed by atoms with Crippen LogP contribution in [0.3, 0.4) is 0 Å². The van der Waals surface area contributed by atoms with Crippen molar-refractivity contribution in [2.45, 2.75) is 10.8 Å². The van der Waals surface area contributed by atoms with Gasteiger partial charge in [0.05, 0.1) is 17.7 Å². The maximum absolute atomic E-state index is 11.4. The fraction of sp³-hybridized carbons (Fsp3) is 0.103. The number of aliphatic hydroxyl groups is 1. The standard InChI is InChI=1S/C29H22N4O4S/c30-16-24-26(20-9-11-23(12-10-20)37-14-13-34)25(17-31)28(33-27(24)32-22-7-2-1-3-8-22)38-18-19-5-4-6-21(15-19)29(35)36/h1-12,15,34H,13-14,18H2,(H,32,33)(H,35,36). The van der Waals surface area contributed by atoms with Crippen molar-refractivity contribution in [3.63, 3.8) is 0 Å². The molecule has 0 aliphatic rings. The molecular weight excluding hydrogens is 500 g/mol. The van der Waals surface area contributed by atoms with Crippen LogP contribution in [0.15, 0.2) is 83.9 Å². The van der Waals surface area contributed by atoms with Gasteiger partial charge in [-0.05, 0) is 47.5 Å². The molecule has 3 aromatic carbocycles. The first-order chi connectivity index (χ1) is 18.5. The van der Waals surface area contributed by atoms with Gasteiger partial charge in [-0.15, -0.1) is 11.8 Å². The molecule has 8 nitrogen and oxygen atoms in total. The average molecular weight is 523 g/mol. The normalized spacial score (nSPS) is 10.3. The monoisotopic (exact) mass is 522 g/mol. The van der Waals surface area contributed by atoms with Gasteiger partial charge in [-0.1, -0.05) is 42.5 Å². The maximum atomic E-state index is 11.4. The van der Waals surface area contributed by atoms with Gasteiger partial charge >= 0.3 is 5.97 Å². The number of carboxylic acids is 1. The number of carbonyl (C=O) groups is 1. The zero-order chi connectivity index (χ0) is 26.9. The lowest BCUT2D eigenvalue weighted by Gasteiger charge is -2.16. The van der Waals surface area contributed by atoms with Gasteiger partial charge in [0.2, 0.25) is 0 Å². The molecule has 188 valence electrons. The molecule has 1 heterocycles. The van der Waals surface area contributed by atoms with Crippen LogP contribution >= 0.6 is 11.8 Å². The van der Waals surface area contributed by atoms with Gasteiger partial charge < -0.3 is 20.3 Å². The first kappa shape index (κ1) is 26.2. The van der Waals surface area contributed by atoms with Crippen LogP contribution in [0.4, 0.5) is 11.5 Å². The Morgan fingerprint density at radius 1 is 0.974 bits per heavy atom. The fourth-order valence-electron chi connectivity index (χ4n) is 3.75. The number of pyridine rings is 1. The van der Waals surface area contributed by atoms with Gasteiger partial charge in [0.1, 0.15) is 40.9 Å². The minimum atomic E-state index is -1.02. The quantitative estimate of drug-likeness (QED) is 0.227. The second kappa shape index (κ2) is 12.4. The lowest BCUT2D eigenvalue weighted by atomic mass is 9.96. The summed E-state index contributed by atoms with van der Waals surface area (Å²) in [5.74, 6) is 0.195. The summed E-state index contributed by atoms with van der Waals surface area (Å²) in [6.07, 6.45) is 0. The minimum absolute atomic E-state index is 0.117. The Morgan fingerprint density at radius 2 is 1.71 bits per heavy atom. The fourth-order valence-corrected chi connectivity index (χ4v) is 4.68. The van der Waals surface area contributed by atoms with Gasteiger partial charge in [0.15, 0.2) is 0 Å². The Bertz CT molecular complexity index is 1530. The molecule has 0 saturated carbocycles. The van der Waals surface area contributed by atoms with Crippen LogP contribution in [0, 0.1) is 22.7 Å². The Balaban J connectivity index is 1.81. The Morgan fingerprint density at radius 3 is 2.37 bits per heavy atom. The van der Waals surface area contributed by atoms with Crippen molar-refractivity contribution in [2.75, 3.05) is 18.5 Å². The van der Waals surface area contributed by atoms with E-state index in [4.69, 9.17) is 9.84 Å². The second-order valence-corrected chi connectivity index (χ2v) is 8.96. The number of aromatic nitrogens is 1. The summed E-state index contributed by atoms with van der Waals surface area (Å²) in [6.45, 7) is 0.0320. The number of nitrogens with zero attached hydrogens (tertiary/aromatic N) is 3. The molecule has 9 heteroatoms. The first-order valence-corrected chi connectivity index (χ1v) is 12.5. The molecular formula is C29H22N4O4S. The molecule has 4 aromatic rings. The van der Waals surface area contributed by atoms with Crippen molar-refractivity contribution < 1.29 is 19.7 Å². The summed E-state index contributed by atoms with van der Waals surface area (Å²) < 4.78 is 5.45. The van der Waals surface area contributed by atoms with E-state index in [-0.39, 0.29) is 29.9 Å². The van der Waals surface area contributed by atoms with Crippen molar-refractivity contribution in [2.24, 2.45) is 0 Å². The van der Waals surface area contributed by atoms with Crippen molar-refractivity contribution >= 4 is 29.2 Å². The molecule has 0 bridgehead atoms. The highest BCUT2D eigenvalue weighted by Gasteiger charge is 2.22. The van der Waals surface area contributed by atoms with E-state index < -0.39 is 5.97 Å².